The minimum Gasteiger partial charge on any atom is -0.381 e. The number of halogens is 3. The van der Waals surface area contributed by atoms with Gasteiger partial charge in [-0.3, -0.25) is 4.79 Å². The molecule has 2 aromatic heterocycles. The van der Waals surface area contributed by atoms with Gasteiger partial charge in [-0.25, -0.2) is 13.2 Å². The molecule has 6 nitrogen and oxygen atoms in total. The fraction of sp³-hybridized carbons (Fsp3) is 0.409. The molecule has 0 aliphatic carbocycles. The lowest BCUT2D eigenvalue weighted by Gasteiger charge is -2.19. The molecule has 1 aromatic carbocycles. The van der Waals surface area contributed by atoms with E-state index in [0.717, 1.165) is 12.5 Å². The second-order valence-corrected chi connectivity index (χ2v) is 7.87. The van der Waals surface area contributed by atoms with Gasteiger partial charge in [0.2, 0.25) is 0 Å². The van der Waals surface area contributed by atoms with Crippen molar-refractivity contribution in [2.45, 2.75) is 39.3 Å². The molecule has 164 valence electrons. The summed E-state index contributed by atoms with van der Waals surface area (Å²) in [6, 6.07) is 4.80. The van der Waals surface area contributed by atoms with Crippen LogP contribution in [0.1, 0.15) is 42.6 Å². The van der Waals surface area contributed by atoms with Crippen molar-refractivity contribution in [3.05, 3.63) is 63.5 Å². The van der Waals surface area contributed by atoms with Gasteiger partial charge in [0.05, 0.1) is 23.9 Å². The van der Waals surface area contributed by atoms with Crippen molar-refractivity contribution in [3.63, 3.8) is 0 Å². The summed E-state index contributed by atoms with van der Waals surface area (Å²) < 4.78 is 47.8. The van der Waals surface area contributed by atoms with Gasteiger partial charge >= 0.3 is 0 Å². The molecular weight excluding hydrogens is 409 g/mol. The topological polar surface area (TPSA) is 69.0 Å². The number of alkyl halides is 2. The molecule has 1 N–H and O–H groups in total. The van der Waals surface area contributed by atoms with Crippen molar-refractivity contribution >= 4 is 16.6 Å². The highest BCUT2D eigenvalue weighted by Crippen LogP contribution is 2.30. The van der Waals surface area contributed by atoms with Crippen LogP contribution in [-0.4, -0.2) is 28.0 Å². The van der Waals surface area contributed by atoms with E-state index in [2.05, 4.69) is 15.5 Å². The first-order valence-electron chi connectivity index (χ1n) is 10.1. The third-order valence-corrected chi connectivity index (χ3v) is 5.66. The number of pyridine rings is 1. The highest BCUT2D eigenvalue weighted by molar-refractivity contribution is 5.92. The first-order chi connectivity index (χ1) is 14.8. The average Bonchev–Trinajstić information content (AvgIpc) is 3.24. The third-order valence-electron chi connectivity index (χ3n) is 5.66. The SMILES string of the molecule is Cc1nnc(N[C@H](C)c2cccc(C(F)F)c2F)c2cn(CC3CCOC3)c(=O)cc12. The number of hydrogen-bond acceptors (Lipinski definition) is 5. The number of anilines is 1. The van der Waals surface area contributed by atoms with E-state index in [1.165, 1.54) is 18.2 Å². The number of fused-ring (bicyclic) bond motifs is 1. The van der Waals surface area contributed by atoms with Crippen molar-refractivity contribution in [1.82, 2.24) is 14.8 Å². The van der Waals surface area contributed by atoms with E-state index in [-0.39, 0.29) is 17.0 Å². The van der Waals surface area contributed by atoms with Gasteiger partial charge in [0.1, 0.15) is 5.82 Å². The third kappa shape index (κ3) is 4.27. The van der Waals surface area contributed by atoms with Crippen LogP contribution in [0.5, 0.6) is 0 Å². The molecule has 0 saturated carbocycles. The Morgan fingerprint density at radius 1 is 1.26 bits per heavy atom. The van der Waals surface area contributed by atoms with E-state index >= 15 is 0 Å². The zero-order valence-corrected chi connectivity index (χ0v) is 17.2. The number of benzene rings is 1. The van der Waals surface area contributed by atoms with Crippen molar-refractivity contribution in [1.29, 1.82) is 0 Å². The molecule has 2 atom stereocenters. The first kappa shape index (κ1) is 21.3. The number of aryl methyl sites for hydroxylation is 1. The minimum atomic E-state index is -2.90. The molecule has 0 radical (unpaired) electrons. The lowest BCUT2D eigenvalue weighted by molar-refractivity contribution is 0.146. The number of rotatable bonds is 6. The molecule has 1 aliphatic rings. The van der Waals surface area contributed by atoms with E-state index < -0.39 is 23.8 Å². The summed E-state index contributed by atoms with van der Waals surface area (Å²) in [6.45, 7) is 5.23. The monoisotopic (exact) mass is 432 g/mol. The summed E-state index contributed by atoms with van der Waals surface area (Å²) in [7, 11) is 0. The summed E-state index contributed by atoms with van der Waals surface area (Å²) in [4.78, 5) is 12.6. The molecule has 9 heteroatoms. The van der Waals surface area contributed by atoms with Crippen LogP contribution in [0.2, 0.25) is 0 Å². The summed E-state index contributed by atoms with van der Waals surface area (Å²) in [6.07, 6.45) is -0.292. The maximum absolute atomic E-state index is 14.6. The molecule has 0 spiro atoms. The predicted molar refractivity (Wildman–Crippen MR) is 111 cm³/mol. The Morgan fingerprint density at radius 2 is 2.03 bits per heavy atom. The Kier molecular flexibility index (Phi) is 5.95. The van der Waals surface area contributed by atoms with Gasteiger partial charge in [-0.1, -0.05) is 18.2 Å². The summed E-state index contributed by atoms with van der Waals surface area (Å²) in [5.74, 6) is -0.334. The second kappa shape index (κ2) is 8.66. The zero-order chi connectivity index (χ0) is 22.1. The summed E-state index contributed by atoms with van der Waals surface area (Å²) in [5.41, 5.74) is -0.0962. The Labute approximate surface area is 177 Å². The molecule has 3 aromatic rings. The van der Waals surface area contributed by atoms with Gasteiger partial charge in [-0.15, -0.1) is 5.10 Å². The van der Waals surface area contributed by atoms with Crippen molar-refractivity contribution in [3.8, 4) is 0 Å². The molecule has 1 fully saturated rings. The first-order valence-corrected chi connectivity index (χ1v) is 10.1. The summed E-state index contributed by atoms with van der Waals surface area (Å²) in [5, 5.41) is 12.7. The Hall–Kier alpha value is -2.94. The Balaban J connectivity index is 1.71. The van der Waals surface area contributed by atoms with Crippen LogP contribution in [0.25, 0.3) is 10.8 Å². The maximum Gasteiger partial charge on any atom is 0.266 e. The fourth-order valence-electron chi connectivity index (χ4n) is 3.90. The highest BCUT2D eigenvalue weighted by Gasteiger charge is 2.21. The van der Waals surface area contributed by atoms with Gasteiger partial charge in [0, 0.05) is 47.7 Å². The van der Waals surface area contributed by atoms with Gasteiger partial charge in [-0.05, 0) is 20.3 Å². The molecule has 3 heterocycles. The van der Waals surface area contributed by atoms with Gasteiger partial charge in [0.25, 0.3) is 12.0 Å². The van der Waals surface area contributed by atoms with Gasteiger partial charge in [-0.2, -0.15) is 5.10 Å². The lowest BCUT2D eigenvalue weighted by atomic mass is 10.0. The average molecular weight is 432 g/mol. The number of nitrogens with zero attached hydrogens (tertiary/aromatic N) is 3. The molecule has 0 bridgehead atoms. The second-order valence-electron chi connectivity index (χ2n) is 7.87. The number of aromatic nitrogens is 3. The molecule has 1 saturated heterocycles. The van der Waals surface area contributed by atoms with Gasteiger partial charge in [0.15, 0.2) is 5.82 Å². The molecule has 0 amide bonds. The Bertz CT molecular complexity index is 1160. The van der Waals surface area contributed by atoms with Crippen LogP contribution >= 0.6 is 0 Å². The van der Waals surface area contributed by atoms with Crippen molar-refractivity contribution in [2.24, 2.45) is 5.92 Å². The molecule has 1 aliphatic heterocycles. The van der Waals surface area contributed by atoms with Crippen LogP contribution < -0.4 is 10.9 Å². The Morgan fingerprint density at radius 3 is 2.74 bits per heavy atom. The van der Waals surface area contributed by atoms with Crippen LogP contribution in [0.3, 0.4) is 0 Å². The van der Waals surface area contributed by atoms with Gasteiger partial charge < -0.3 is 14.6 Å². The number of ether oxygens (including phenoxy) is 1. The minimum absolute atomic E-state index is 0.102. The molecule has 31 heavy (non-hydrogen) atoms. The number of hydrogen-bond donors (Lipinski definition) is 1. The lowest BCUT2D eigenvalue weighted by Crippen LogP contribution is -2.24. The normalized spacial score (nSPS) is 17.4. The van der Waals surface area contributed by atoms with E-state index in [1.807, 2.05) is 0 Å². The predicted octanol–water partition coefficient (Wildman–Crippen LogP) is 4.39. The van der Waals surface area contributed by atoms with E-state index in [1.54, 1.807) is 24.6 Å². The smallest absolute Gasteiger partial charge is 0.266 e. The molecular formula is C22H23F3N4O2. The summed E-state index contributed by atoms with van der Waals surface area (Å²) >= 11 is 0. The van der Waals surface area contributed by atoms with Crippen LogP contribution in [0, 0.1) is 18.7 Å². The molecule has 1 unspecified atom stereocenters. The highest BCUT2D eigenvalue weighted by atomic mass is 19.3. The number of nitrogens with one attached hydrogen (secondary N) is 1. The van der Waals surface area contributed by atoms with Crippen molar-refractivity contribution in [2.75, 3.05) is 18.5 Å². The van der Waals surface area contributed by atoms with Crippen LogP contribution in [0.15, 0.2) is 35.3 Å². The van der Waals surface area contributed by atoms with E-state index in [0.29, 0.717) is 42.0 Å². The van der Waals surface area contributed by atoms with Crippen LogP contribution in [-0.2, 0) is 11.3 Å². The van der Waals surface area contributed by atoms with E-state index in [9.17, 15) is 18.0 Å². The quantitative estimate of drug-likeness (QED) is 0.626. The largest absolute Gasteiger partial charge is 0.381 e. The van der Waals surface area contributed by atoms with Crippen LogP contribution in [0.4, 0.5) is 19.0 Å². The van der Waals surface area contributed by atoms with Crippen molar-refractivity contribution < 1.29 is 17.9 Å². The molecule has 4 rings (SSSR count). The fourth-order valence-corrected chi connectivity index (χ4v) is 3.90. The van der Waals surface area contributed by atoms with E-state index in [4.69, 9.17) is 4.74 Å². The maximum atomic E-state index is 14.6. The standard InChI is InChI=1S/C22H23F3N4O2/c1-12(15-4-3-5-16(20(15)23)21(24)25)26-22-18-10-29(9-14-6-7-31-11-14)19(30)8-17(18)13(2)27-28-22/h3-5,8,10,12,14,21H,6-7,9,11H2,1-2H3,(H,26,28)/t12-,14?/m1/s1. The zero-order valence-electron chi connectivity index (χ0n) is 17.2.